The van der Waals surface area contributed by atoms with Crippen molar-refractivity contribution in [1.82, 2.24) is 10.6 Å². The second-order valence-corrected chi connectivity index (χ2v) is 17.4. The van der Waals surface area contributed by atoms with E-state index in [-0.39, 0.29) is 87.8 Å². The minimum Gasteiger partial charge on any atom is -0.507 e. The van der Waals surface area contributed by atoms with Gasteiger partial charge in [0.1, 0.15) is 34.3 Å². The number of ketones is 5. The molecule has 4 aliphatic rings. The fourth-order valence-corrected chi connectivity index (χ4v) is 9.30. The minimum atomic E-state index is -2.00. The van der Waals surface area contributed by atoms with Crippen molar-refractivity contribution in [3.63, 3.8) is 0 Å². The lowest BCUT2D eigenvalue weighted by atomic mass is 9.72. The Morgan fingerprint density at radius 3 is 1.80 bits per heavy atom. The van der Waals surface area contributed by atoms with E-state index < -0.39 is 94.2 Å². The molecule has 374 valence electrons. The first-order valence-corrected chi connectivity index (χ1v) is 22.7. The molecule has 0 amide bonds. The Hall–Kier alpha value is -6.53. The van der Waals surface area contributed by atoms with Gasteiger partial charge in [-0.05, 0) is 44.2 Å². The Kier molecular flexibility index (Phi) is 15.6. The summed E-state index contributed by atoms with van der Waals surface area (Å²) in [5, 5.41) is 94.7. The maximum absolute atomic E-state index is 13.6. The molecule has 0 bridgehead atoms. The van der Waals surface area contributed by atoms with E-state index in [9.17, 15) is 54.6 Å². The van der Waals surface area contributed by atoms with E-state index in [4.69, 9.17) is 30.2 Å². The highest BCUT2D eigenvalue weighted by molar-refractivity contribution is 6.34. The number of hydrogen-bond donors (Lipinski definition) is 13. The maximum atomic E-state index is 13.6. The number of aromatic hydroxyl groups is 4. The Bertz CT molecular complexity index is 2640. The van der Waals surface area contributed by atoms with Gasteiger partial charge >= 0.3 is 0 Å². The zero-order valence-corrected chi connectivity index (χ0v) is 38.6. The summed E-state index contributed by atoms with van der Waals surface area (Å²) in [5.41, 5.74) is 3.65. The molecule has 0 saturated carbocycles. The van der Waals surface area contributed by atoms with Gasteiger partial charge in [-0.1, -0.05) is 12.1 Å². The number of Topliss-reactive ketones (excluding diaryl/α,β-unsaturated/α-hetero) is 1. The SMILES string of the molecule is COc1cccc2c1C(=O)c1c(O)c3c(c(O)c1C2=O)C[C@@](O)(C(C)=O)C[C@@H]3O[C@H]1C[C@H](N)[C@H](O)[C@H](C)O1.O=C1c2c(O)ccc(O)c2C(=O)c2c(NCCNCCO)ccc(NCCNCCO)c21. The molecule has 70 heavy (non-hydrogen) atoms. The van der Waals surface area contributed by atoms with Gasteiger partial charge in [0.15, 0.2) is 17.9 Å². The summed E-state index contributed by atoms with van der Waals surface area (Å²) in [4.78, 5) is 66.3. The number of methoxy groups -OCH3 is 1. The van der Waals surface area contributed by atoms with Crippen molar-refractivity contribution in [2.75, 3.05) is 70.2 Å². The van der Waals surface area contributed by atoms with Crippen LogP contribution in [0.4, 0.5) is 11.4 Å². The molecule has 6 atom stereocenters. The van der Waals surface area contributed by atoms with E-state index in [0.29, 0.717) is 50.6 Å². The standard InChI is InChI=1S/C27H29NO10.C22H28N4O6/c1-10-22(30)14(28)7-17(37-10)38-16-9-27(35,11(2)29)8-13-19(16)26(34)21-20(24(13)32)23(31)12-5-4-6-15(36-3)18(12)25(21)33;27-11-9-23-5-7-25-13-1-2-14(26-8-6-24-10-12-28)18-17(13)21(31)19-15(29)3-4-16(30)20(19)22(18)32/h4-6,10,14,16-17,22,30,32,34-35H,7-9,28H2,1-3H3;1-4,23-30H,5-12H2/t10-,14-,16-,17-,22+,27-;/m0./s1. The summed E-state index contributed by atoms with van der Waals surface area (Å²) in [5.74, 6) is -5.04. The van der Waals surface area contributed by atoms with Gasteiger partial charge in [-0.25, -0.2) is 0 Å². The predicted octanol–water partition coefficient (Wildman–Crippen LogP) is 0.890. The molecule has 14 N–H and O–H groups in total. The van der Waals surface area contributed by atoms with Crippen molar-refractivity contribution in [3.05, 3.63) is 98.1 Å². The van der Waals surface area contributed by atoms with Crippen molar-refractivity contribution >= 4 is 40.3 Å². The van der Waals surface area contributed by atoms with Gasteiger partial charge in [-0.3, -0.25) is 24.0 Å². The van der Waals surface area contributed by atoms with E-state index >= 15 is 0 Å². The van der Waals surface area contributed by atoms with Crippen LogP contribution in [0.1, 0.15) is 108 Å². The molecule has 3 aliphatic carbocycles. The molecule has 0 spiro atoms. The first-order chi connectivity index (χ1) is 33.4. The van der Waals surface area contributed by atoms with Gasteiger partial charge in [-0.15, -0.1) is 0 Å². The van der Waals surface area contributed by atoms with Crippen molar-refractivity contribution in [3.8, 4) is 28.7 Å². The maximum Gasteiger partial charge on any atom is 0.202 e. The topological polar surface area (TPSA) is 349 Å². The Morgan fingerprint density at radius 1 is 0.743 bits per heavy atom. The first-order valence-electron chi connectivity index (χ1n) is 22.7. The normalized spacial score (nSPS) is 22.1. The molecule has 21 heteroatoms. The molecule has 0 unspecified atom stereocenters. The number of benzene rings is 4. The number of carbonyl (C=O) groups excluding carboxylic acids is 5. The van der Waals surface area contributed by atoms with Crippen LogP contribution < -0.4 is 31.7 Å². The largest absolute Gasteiger partial charge is 0.507 e. The number of ether oxygens (including phenoxy) is 3. The van der Waals surface area contributed by atoms with Crippen LogP contribution in [-0.4, -0.2) is 160 Å². The third-order valence-corrected chi connectivity index (χ3v) is 12.9. The van der Waals surface area contributed by atoms with E-state index in [1.165, 1.54) is 44.4 Å². The highest BCUT2D eigenvalue weighted by Crippen LogP contribution is 2.53. The molecule has 1 aliphatic heterocycles. The van der Waals surface area contributed by atoms with Crippen LogP contribution in [0.25, 0.3) is 0 Å². The van der Waals surface area contributed by atoms with E-state index in [1.807, 2.05) is 0 Å². The Labute approximate surface area is 401 Å². The lowest BCUT2D eigenvalue weighted by molar-refractivity contribution is -0.247. The monoisotopic (exact) mass is 971 g/mol. The number of phenolic OH excluding ortho intramolecular Hbond substituents is 4. The quantitative estimate of drug-likeness (QED) is 0.0473. The fraction of sp³-hybridized carbons (Fsp3) is 0.408. The third-order valence-electron chi connectivity index (χ3n) is 12.9. The lowest BCUT2D eigenvalue weighted by Gasteiger charge is -2.42. The number of phenols is 4. The van der Waals surface area contributed by atoms with Gasteiger partial charge in [0, 0.05) is 92.6 Å². The van der Waals surface area contributed by atoms with Crippen LogP contribution in [0.15, 0.2) is 42.5 Å². The second-order valence-electron chi connectivity index (χ2n) is 17.4. The Balaban J connectivity index is 0.000000210. The van der Waals surface area contributed by atoms with Crippen LogP contribution in [-0.2, 0) is 20.7 Å². The van der Waals surface area contributed by atoms with E-state index in [2.05, 4.69) is 21.3 Å². The smallest absolute Gasteiger partial charge is 0.202 e. The van der Waals surface area contributed by atoms with Gasteiger partial charge in [-0.2, -0.15) is 0 Å². The molecule has 1 heterocycles. The fourth-order valence-electron chi connectivity index (χ4n) is 9.30. The van der Waals surface area contributed by atoms with E-state index in [0.717, 1.165) is 0 Å². The first kappa shape index (κ1) is 51.3. The van der Waals surface area contributed by atoms with Crippen molar-refractivity contribution in [1.29, 1.82) is 0 Å². The zero-order valence-electron chi connectivity index (χ0n) is 38.6. The number of carbonyl (C=O) groups is 5. The summed E-state index contributed by atoms with van der Waals surface area (Å²) in [6, 6.07) is 9.49. The number of nitrogens with one attached hydrogen (secondary N) is 4. The zero-order chi connectivity index (χ0) is 50.8. The number of rotatable bonds is 16. The number of anilines is 2. The highest BCUT2D eigenvalue weighted by atomic mass is 16.7. The van der Waals surface area contributed by atoms with Gasteiger partial charge in [0.05, 0.1) is 77.6 Å². The second kappa shape index (κ2) is 21.2. The molecule has 1 saturated heterocycles. The van der Waals surface area contributed by atoms with Crippen molar-refractivity contribution in [2.24, 2.45) is 5.73 Å². The van der Waals surface area contributed by atoms with Crippen LogP contribution in [0.2, 0.25) is 0 Å². The number of nitrogens with two attached hydrogens (primary N) is 1. The van der Waals surface area contributed by atoms with Crippen LogP contribution in [0, 0.1) is 0 Å². The minimum absolute atomic E-state index is 0.00939. The van der Waals surface area contributed by atoms with Gasteiger partial charge in [0.2, 0.25) is 17.3 Å². The summed E-state index contributed by atoms with van der Waals surface area (Å²) in [6.07, 6.45) is -4.53. The van der Waals surface area contributed by atoms with Gasteiger partial charge in [0.25, 0.3) is 0 Å². The number of aliphatic hydroxyl groups is 4. The van der Waals surface area contributed by atoms with E-state index in [1.54, 1.807) is 19.1 Å². The van der Waals surface area contributed by atoms with Crippen molar-refractivity contribution < 1.29 is 79.0 Å². The molecule has 21 nitrogen and oxygen atoms in total. The van der Waals surface area contributed by atoms with Crippen LogP contribution >= 0.6 is 0 Å². The molecule has 4 aromatic rings. The average molecular weight is 972 g/mol. The molecule has 0 aromatic heterocycles. The summed E-state index contributed by atoms with van der Waals surface area (Å²) >= 11 is 0. The summed E-state index contributed by atoms with van der Waals surface area (Å²) < 4.78 is 17.1. The molecule has 8 rings (SSSR count). The summed E-state index contributed by atoms with van der Waals surface area (Å²) in [6.45, 7) is 5.60. The molecule has 1 fully saturated rings. The van der Waals surface area contributed by atoms with Crippen LogP contribution in [0.3, 0.4) is 0 Å². The molecule has 4 aromatic carbocycles. The average Bonchev–Trinajstić information content (AvgIpc) is 3.33. The van der Waals surface area contributed by atoms with Gasteiger partial charge < -0.3 is 82.1 Å². The molecule has 0 radical (unpaired) electrons. The Morgan fingerprint density at radius 2 is 1.29 bits per heavy atom. The summed E-state index contributed by atoms with van der Waals surface area (Å²) in [7, 11) is 1.34. The number of hydrogen-bond acceptors (Lipinski definition) is 21. The lowest BCUT2D eigenvalue weighted by Crippen LogP contribution is -2.52. The predicted molar refractivity (Wildman–Crippen MR) is 250 cm³/mol. The number of aliphatic hydroxyl groups excluding tert-OH is 3. The molecular formula is C49H57N5O16. The molecular weight excluding hydrogens is 915 g/mol. The number of fused-ring (bicyclic) bond motifs is 5. The third kappa shape index (κ3) is 9.54. The van der Waals surface area contributed by atoms with Crippen molar-refractivity contribution in [2.45, 2.75) is 69.4 Å². The van der Waals surface area contributed by atoms with Crippen LogP contribution in [0.5, 0.6) is 28.7 Å². The highest BCUT2D eigenvalue weighted by Gasteiger charge is 2.49.